The number of benzene rings is 1. The van der Waals surface area contributed by atoms with E-state index in [1.807, 2.05) is 12.1 Å². The smallest absolute Gasteiger partial charge is 0.342 e. The van der Waals surface area contributed by atoms with E-state index in [0.717, 1.165) is 4.47 Å². The fourth-order valence-corrected chi connectivity index (χ4v) is 2.10. The van der Waals surface area contributed by atoms with E-state index in [0.29, 0.717) is 16.9 Å². The van der Waals surface area contributed by atoms with Crippen molar-refractivity contribution in [2.24, 2.45) is 5.73 Å². The minimum atomic E-state index is -0.672. The van der Waals surface area contributed by atoms with Gasteiger partial charge in [-0.2, -0.15) is 0 Å². The maximum absolute atomic E-state index is 11.8. The molecule has 0 aliphatic carbocycles. The molecule has 1 aliphatic heterocycles. The zero-order chi connectivity index (χ0) is 16.1. The Labute approximate surface area is 136 Å². The van der Waals surface area contributed by atoms with Gasteiger partial charge in [-0.15, -0.1) is 0 Å². The summed E-state index contributed by atoms with van der Waals surface area (Å²) < 4.78 is 16.3. The first kappa shape index (κ1) is 16.5. The largest absolute Gasteiger partial charge is 0.490 e. The predicted molar refractivity (Wildman–Crippen MR) is 82.6 cm³/mol. The number of ether oxygens (including phenoxy) is 3. The van der Waals surface area contributed by atoms with Crippen LogP contribution in [0.1, 0.15) is 12.5 Å². The molecule has 1 aromatic carbocycles. The molecule has 6 nitrogen and oxygen atoms in total. The average molecular weight is 370 g/mol. The maximum atomic E-state index is 11.8. The molecular weight excluding hydrogens is 354 g/mol. The van der Waals surface area contributed by atoms with Crippen molar-refractivity contribution in [3.8, 4) is 0 Å². The molecule has 0 aromatic heterocycles. The van der Waals surface area contributed by atoms with Crippen LogP contribution in [0.15, 0.2) is 34.5 Å². The number of cyclic esters (lactones) is 1. The Morgan fingerprint density at radius 1 is 1.36 bits per heavy atom. The number of hydrogen-bond donors (Lipinski definition) is 1. The highest BCUT2D eigenvalue weighted by molar-refractivity contribution is 9.10. The van der Waals surface area contributed by atoms with Crippen molar-refractivity contribution in [1.82, 2.24) is 0 Å². The quantitative estimate of drug-likeness (QED) is 0.605. The number of hydrogen-bond acceptors (Lipinski definition) is 6. The predicted octanol–water partition coefficient (Wildman–Crippen LogP) is 1.62. The third-order valence-electron chi connectivity index (χ3n) is 2.93. The number of esters is 2. The van der Waals surface area contributed by atoms with Gasteiger partial charge in [0.15, 0.2) is 0 Å². The summed E-state index contributed by atoms with van der Waals surface area (Å²) in [6.45, 7) is 1.81. The molecule has 1 aliphatic rings. The van der Waals surface area contributed by atoms with Gasteiger partial charge in [-0.1, -0.05) is 28.1 Å². The second-order valence-electron chi connectivity index (χ2n) is 4.69. The molecule has 2 rings (SSSR count). The van der Waals surface area contributed by atoms with Crippen LogP contribution in [0.2, 0.25) is 0 Å². The lowest BCUT2D eigenvalue weighted by molar-refractivity contribution is -0.145. The third-order valence-corrected chi connectivity index (χ3v) is 3.45. The van der Waals surface area contributed by atoms with E-state index in [2.05, 4.69) is 15.9 Å². The lowest BCUT2D eigenvalue weighted by atomic mass is 10.1. The summed E-state index contributed by atoms with van der Waals surface area (Å²) in [6, 6.07) is 6.58. The monoisotopic (exact) mass is 369 g/mol. The Morgan fingerprint density at radius 2 is 2.05 bits per heavy atom. The van der Waals surface area contributed by atoms with Crippen molar-refractivity contribution in [3.63, 3.8) is 0 Å². The van der Waals surface area contributed by atoms with Crippen LogP contribution >= 0.6 is 15.9 Å². The first-order chi connectivity index (χ1) is 10.5. The molecule has 2 N–H and O–H groups in total. The van der Waals surface area contributed by atoms with Gasteiger partial charge in [0.05, 0.1) is 0 Å². The van der Waals surface area contributed by atoms with E-state index < -0.39 is 18.0 Å². The molecule has 0 unspecified atom stereocenters. The number of nitrogens with two attached hydrogens (primary N) is 1. The SMILES string of the molecule is C[C@H](N)C(=O)OCCOC1=C(c2ccc(Br)cc2)C(=O)OC1. The molecule has 0 radical (unpaired) electrons. The fraction of sp³-hybridized carbons (Fsp3) is 0.333. The number of carbonyl (C=O) groups is 2. The lowest BCUT2D eigenvalue weighted by Crippen LogP contribution is -2.29. The molecule has 1 aromatic rings. The Hall–Kier alpha value is -1.86. The molecular formula is C15H16BrNO5. The van der Waals surface area contributed by atoms with Crippen LogP contribution < -0.4 is 5.73 Å². The lowest BCUT2D eigenvalue weighted by Gasteiger charge is -2.09. The summed E-state index contributed by atoms with van der Waals surface area (Å²) >= 11 is 3.34. The standard InChI is InChI=1S/C15H16BrNO5/c1-9(17)14(18)21-7-6-20-12-8-22-15(19)13(12)10-2-4-11(16)5-3-10/h2-5,9H,6-8,17H2,1H3/t9-/m0/s1. The molecule has 118 valence electrons. The third kappa shape index (κ3) is 4.08. The summed E-state index contributed by atoms with van der Waals surface area (Å²) in [5.74, 6) is -0.487. The number of carbonyl (C=O) groups excluding carboxylic acids is 2. The zero-order valence-corrected chi connectivity index (χ0v) is 13.6. The summed E-state index contributed by atoms with van der Waals surface area (Å²) in [5, 5.41) is 0. The molecule has 1 heterocycles. The minimum absolute atomic E-state index is 0.0612. The number of rotatable bonds is 6. The van der Waals surface area contributed by atoms with Crippen molar-refractivity contribution in [3.05, 3.63) is 40.1 Å². The Bertz CT molecular complexity index is 594. The first-order valence-electron chi connectivity index (χ1n) is 6.70. The molecule has 0 amide bonds. The van der Waals surface area contributed by atoms with Crippen molar-refractivity contribution in [2.75, 3.05) is 19.8 Å². The molecule has 0 spiro atoms. The van der Waals surface area contributed by atoms with Gasteiger partial charge in [0.25, 0.3) is 0 Å². The van der Waals surface area contributed by atoms with Crippen molar-refractivity contribution in [2.45, 2.75) is 13.0 Å². The molecule has 0 fully saturated rings. The van der Waals surface area contributed by atoms with Gasteiger partial charge in [-0.05, 0) is 24.6 Å². The van der Waals surface area contributed by atoms with Crippen LogP contribution in [0, 0.1) is 0 Å². The second-order valence-corrected chi connectivity index (χ2v) is 5.60. The highest BCUT2D eigenvalue weighted by Gasteiger charge is 2.27. The average Bonchev–Trinajstić information content (AvgIpc) is 2.85. The van der Waals surface area contributed by atoms with E-state index in [4.69, 9.17) is 19.9 Å². The summed E-state index contributed by atoms with van der Waals surface area (Å²) in [4.78, 5) is 23.0. The van der Waals surface area contributed by atoms with Crippen LogP contribution in [-0.4, -0.2) is 37.8 Å². The molecule has 0 saturated heterocycles. The molecule has 0 bridgehead atoms. The van der Waals surface area contributed by atoms with Crippen LogP contribution in [0.4, 0.5) is 0 Å². The van der Waals surface area contributed by atoms with Crippen LogP contribution in [-0.2, 0) is 23.8 Å². The van der Waals surface area contributed by atoms with Crippen LogP contribution in [0.5, 0.6) is 0 Å². The summed E-state index contributed by atoms with van der Waals surface area (Å²) in [5.41, 5.74) is 6.49. The highest BCUT2D eigenvalue weighted by atomic mass is 79.9. The molecule has 0 saturated carbocycles. The first-order valence-corrected chi connectivity index (χ1v) is 7.49. The zero-order valence-electron chi connectivity index (χ0n) is 12.0. The Balaban J connectivity index is 1.99. The fourth-order valence-electron chi connectivity index (χ4n) is 1.84. The van der Waals surface area contributed by atoms with Gasteiger partial charge in [0, 0.05) is 4.47 Å². The van der Waals surface area contributed by atoms with E-state index >= 15 is 0 Å². The molecule has 1 atom stereocenters. The van der Waals surface area contributed by atoms with Gasteiger partial charge in [0.1, 0.15) is 37.2 Å². The molecule has 22 heavy (non-hydrogen) atoms. The van der Waals surface area contributed by atoms with Gasteiger partial charge >= 0.3 is 11.9 Å². The molecule has 7 heteroatoms. The second kappa shape index (κ2) is 7.42. The van der Waals surface area contributed by atoms with Gasteiger partial charge in [-0.3, -0.25) is 4.79 Å². The van der Waals surface area contributed by atoms with Crippen molar-refractivity contribution in [1.29, 1.82) is 0 Å². The van der Waals surface area contributed by atoms with Crippen LogP contribution in [0.3, 0.4) is 0 Å². The van der Waals surface area contributed by atoms with Crippen molar-refractivity contribution >= 4 is 33.4 Å². The maximum Gasteiger partial charge on any atom is 0.342 e. The number of halogens is 1. The summed E-state index contributed by atoms with van der Waals surface area (Å²) in [7, 11) is 0. The Morgan fingerprint density at radius 3 is 2.68 bits per heavy atom. The van der Waals surface area contributed by atoms with E-state index in [-0.39, 0.29) is 19.8 Å². The van der Waals surface area contributed by atoms with Gasteiger partial charge in [0.2, 0.25) is 0 Å². The Kier molecular flexibility index (Phi) is 5.57. The summed E-state index contributed by atoms with van der Waals surface area (Å²) in [6.07, 6.45) is 0. The van der Waals surface area contributed by atoms with Crippen LogP contribution in [0.25, 0.3) is 5.57 Å². The highest BCUT2D eigenvalue weighted by Crippen LogP contribution is 2.27. The van der Waals surface area contributed by atoms with E-state index in [9.17, 15) is 9.59 Å². The van der Waals surface area contributed by atoms with Gasteiger partial charge < -0.3 is 19.9 Å². The van der Waals surface area contributed by atoms with Gasteiger partial charge in [-0.25, -0.2) is 4.79 Å². The van der Waals surface area contributed by atoms with E-state index in [1.54, 1.807) is 19.1 Å². The topological polar surface area (TPSA) is 87.9 Å². The van der Waals surface area contributed by atoms with Crippen molar-refractivity contribution < 1.29 is 23.8 Å². The van der Waals surface area contributed by atoms with E-state index in [1.165, 1.54) is 0 Å². The minimum Gasteiger partial charge on any atom is -0.490 e. The normalized spacial score (nSPS) is 15.5.